The lowest BCUT2D eigenvalue weighted by molar-refractivity contribution is -0.133. The summed E-state index contributed by atoms with van der Waals surface area (Å²) < 4.78 is 26.9. The van der Waals surface area contributed by atoms with Crippen molar-refractivity contribution in [1.29, 1.82) is 0 Å². The maximum Gasteiger partial charge on any atom is 0.224 e. The van der Waals surface area contributed by atoms with Crippen LogP contribution >= 0.6 is 0 Å². The summed E-state index contributed by atoms with van der Waals surface area (Å²) in [7, 11) is -3.22. The summed E-state index contributed by atoms with van der Waals surface area (Å²) in [6, 6.07) is -0.184. The average Bonchev–Trinajstić information content (AvgIpc) is 3.35. The van der Waals surface area contributed by atoms with E-state index in [2.05, 4.69) is 5.32 Å². The van der Waals surface area contributed by atoms with Crippen LogP contribution in [0.1, 0.15) is 64.7 Å². The monoisotopic (exact) mass is 399 g/mol. The highest BCUT2D eigenvalue weighted by atomic mass is 32.2. The molecule has 2 heterocycles. The van der Waals surface area contributed by atoms with Crippen molar-refractivity contribution in [3.8, 4) is 0 Å². The van der Waals surface area contributed by atoms with Crippen molar-refractivity contribution >= 4 is 21.8 Å². The molecule has 8 heteroatoms. The fraction of sp³-hybridized carbons (Fsp3) is 0.895. The van der Waals surface area contributed by atoms with E-state index in [4.69, 9.17) is 0 Å². The molecule has 3 aliphatic rings. The molecule has 2 saturated heterocycles. The van der Waals surface area contributed by atoms with E-state index in [-0.39, 0.29) is 35.4 Å². The van der Waals surface area contributed by atoms with Crippen LogP contribution in [0.15, 0.2) is 0 Å². The summed E-state index contributed by atoms with van der Waals surface area (Å²) in [5, 5.41) is 2.61. The maximum absolute atomic E-state index is 12.7. The van der Waals surface area contributed by atoms with Crippen molar-refractivity contribution in [2.45, 2.75) is 76.0 Å². The fourth-order valence-electron chi connectivity index (χ4n) is 4.55. The molecular weight excluding hydrogens is 366 g/mol. The summed E-state index contributed by atoms with van der Waals surface area (Å²) in [5.41, 5.74) is 0. The number of hydrogen-bond donors (Lipinski definition) is 1. The first-order valence-electron chi connectivity index (χ1n) is 10.4. The van der Waals surface area contributed by atoms with Gasteiger partial charge in [-0.05, 0) is 45.4 Å². The van der Waals surface area contributed by atoms with Gasteiger partial charge < -0.3 is 10.2 Å². The van der Waals surface area contributed by atoms with E-state index in [0.717, 1.165) is 38.5 Å². The zero-order valence-electron chi connectivity index (χ0n) is 16.4. The summed E-state index contributed by atoms with van der Waals surface area (Å²) >= 11 is 0. The van der Waals surface area contributed by atoms with Gasteiger partial charge in [-0.25, -0.2) is 12.7 Å². The number of sulfonamides is 1. The molecule has 0 unspecified atom stereocenters. The molecule has 0 radical (unpaired) electrons. The Labute approximate surface area is 162 Å². The topological polar surface area (TPSA) is 86.8 Å². The Morgan fingerprint density at radius 2 is 1.56 bits per heavy atom. The molecule has 1 N–H and O–H groups in total. The Balaban J connectivity index is 1.43. The number of likely N-dealkylation sites (tertiary alicyclic amines) is 1. The molecule has 0 aromatic rings. The first kappa shape index (κ1) is 20.6. The summed E-state index contributed by atoms with van der Waals surface area (Å²) in [6.45, 7) is 4.12. The van der Waals surface area contributed by atoms with Gasteiger partial charge in [-0.1, -0.05) is 12.8 Å². The second-order valence-corrected chi connectivity index (χ2v) is 10.5. The largest absolute Gasteiger partial charge is 0.353 e. The molecular formula is C19H33N3O4S. The van der Waals surface area contributed by atoms with E-state index in [1.165, 1.54) is 0 Å². The molecule has 2 amide bonds. The number of piperidine rings is 1. The van der Waals surface area contributed by atoms with Gasteiger partial charge in [0.05, 0.1) is 5.25 Å². The fourth-order valence-corrected chi connectivity index (χ4v) is 6.54. The lowest BCUT2D eigenvalue weighted by atomic mass is 10.1. The number of carbonyl (C=O) groups is 2. The molecule has 27 heavy (non-hydrogen) atoms. The van der Waals surface area contributed by atoms with Crippen molar-refractivity contribution in [2.24, 2.45) is 5.92 Å². The van der Waals surface area contributed by atoms with Crippen molar-refractivity contribution in [1.82, 2.24) is 14.5 Å². The van der Waals surface area contributed by atoms with Crippen molar-refractivity contribution < 1.29 is 18.0 Å². The molecule has 1 saturated carbocycles. The van der Waals surface area contributed by atoms with E-state index in [1.807, 2.05) is 6.92 Å². The van der Waals surface area contributed by atoms with Crippen LogP contribution in [-0.4, -0.2) is 66.9 Å². The summed E-state index contributed by atoms with van der Waals surface area (Å²) in [5.74, 6) is 0.184. The van der Waals surface area contributed by atoms with Crippen LogP contribution in [0.25, 0.3) is 0 Å². The van der Waals surface area contributed by atoms with Gasteiger partial charge in [0.15, 0.2) is 0 Å². The first-order chi connectivity index (χ1) is 12.9. The quantitative estimate of drug-likeness (QED) is 0.733. The van der Waals surface area contributed by atoms with Crippen molar-refractivity contribution in [3.63, 3.8) is 0 Å². The summed E-state index contributed by atoms with van der Waals surface area (Å²) in [6.07, 6.45) is 7.31. The predicted molar refractivity (Wildman–Crippen MR) is 104 cm³/mol. The molecule has 1 aliphatic carbocycles. The average molecular weight is 400 g/mol. The number of nitrogens with one attached hydrogen (secondary N) is 1. The van der Waals surface area contributed by atoms with Gasteiger partial charge in [-0.15, -0.1) is 0 Å². The van der Waals surface area contributed by atoms with Gasteiger partial charge in [0.25, 0.3) is 0 Å². The highest BCUT2D eigenvalue weighted by Gasteiger charge is 2.36. The van der Waals surface area contributed by atoms with Crippen LogP contribution in [0.3, 0.4) is 0 Å². The van der Waals surface area contributed by atoms with Crippen molar-refractivity contribution in [3.05, 3.63) is 0 Å². The minimum atomic E-state index is -3.22. The molecule has 2 aliphatic heterocycles. The molecule has 0 aromatic carbocycles. The second kappa shape index (κ2) is 8.90. The number of rotatable bonds is 6. The van der Waals surface area contributed by atoms with Crippen LogP contribution in [-0.2, 0) is 19.6 Å². The van der Waals surface area contributed by atoms with Gasteiger partial charge >= 0.3 is 0 Å². The van der Waals surface area contributed by atoms with Crippen LogP contribution < -0.4 is 5.32 Å². The Bertz CT molecular complexity index is 631. The number of hydrogen-bond acceptors (Lipinski definition) is 4. The van der Waals surface area contributed by atoms with Gasteiger partial charge in [0.1, 0.15) is 0 Å². The lowest BCUT2D eigenvalue weighted by Gasteiger charge is -2.34. The maximum atomic E-state index is 12.7. The van der Waals surface area contributed by atoms with E-state index >= 15 is 0 Å². The minimum absolute atomic E-state index is 0.00578. The Morgan fingerprint density at radius 1 is 0.963 bits per heavy atom. The third kappa shape index (κ3) is 5.02. The number of carbonyl (C=O) groups excluding carboxylic acids is 2. The van der Waals surface area contributed by atoms with Crippen LogP contribution in [0.2, 0.25) is 0 Å². The third-order valence-electron chi connectivity index (χ3n) is 6.24. The predicted octanol–water partition coefficient (Wildman–Crippen LogP) is 1.49. The van der Waals surface area contributed by atoms with E-state index in [0.29, 0.717) is 39.0 Å². The van der Waals surface area contributed by atoms with Gasteiger partial charge in [-0.2, -0.15) is 0 Å². The van der Waals surface area contributed by atoms with Gasteiger partial charge in [0.2, 0.25) is 21.8 Å². The molecule has 0 spiro atoms. The molecule has 1 atom stereocenters. The van der Waals surface area contributed by atoms with Crippen LogP contribution in [0.5, 0.6) is 0 Å². The molecule has 154 valence electrons. The number of nitrogens with zero attached hydrogens (tertiary/aromatic N) is 2. The van der Waals surface area contributed by atoms with Gasteiger partial charge in [-0.3, -0.25) is 9.59 Å². The van der Waals surface area contributed by atoms with E-state index < -0.39 is 10.0 Å². The van der Waals surface area contributed by atoms with Crippen LogP contribution in [0.4, 0.5) is 0 Å². The van der Waals surface area contributed by atoms with E-state index in [9.17, 15) is 18.0 Å². The van der Waals surface area contributed by atoms with E-state index in [1.54, 1.807) is 9.21 Å². The second-order valence-electron chi connectivity index (χ2n) is 8.33. The molecule has 3 fully saturated rings. The zero-order valence-corrected chi connectivity index (χ0v) is 17.2. The molecule has 0 bridgehead atoms. The van der Waals surface area contributed by atoms with Crippen molar-refractivity contribution in [2.75, 3.05) is 26.2 Å². The molecule has 0 aromatic heterocycles. The Hall–Kier alpha value is -1.15. The highest BCUT2D eigenvalue weighted by molar-refractivity contribution is 7.89. The lowest BCUT2D eigenvalue weighted by Crippen LogP contribution is -2.47. The smallest absolute Gasteiger partial charge is 0.224 e. The Morgan fingerprint density at radius 3 is 2.15 bits per heavy atom. The standard InChI is InChI=1S/C19H33N3O4S/c1-15(20-19(24)16-6-2-3-7-16)14-18(23)21-12-8-17(9-13-21)27(25,26)22-10-4-5-11-22/h15-17H,2-14H2,1H3,(H,20,24)/t15-/m1/s1. The normalized spacial score (nSPS) is 24.3. The Kier molecular flexibility index (Phi) is 6.78. The molecule has 7 nitrogen and oxygen atoms in total. The number of amides is 2. The first-order valence-corrected chi connectivity index (χ1v) is 12.0. The van der Waals surface area contributed by atoms with Gasteiger partial charge in [0, 0.05) is 44.6 Å². The van der Waals surface area contributed by atoms with Crippen LogP contribution in [0, 0.1) is 5.92 Å². The minimum Gasteiger partial charge on any atom is -0.353 e. The highest BCUT2D eigenvalue weighted by Crippen LogP contribution is 2.26. The molecule has 3 rings (SSSR count). The SMILES string of the molecule is C[C@H](CC(=O)N1CCC(S(=O)(=O)N2CCCC2)CC1)NC(=O)C1CCCC1. The zero-order chi connectivity index (χ0) is 19.4. The third-order valence-corrected chi connectivity index (χ3v) is 8.64. The summed E-state index contributed by atoms with van der Waals surface area (Å²) in [4.78, 5) is 26.5.